The van der Waals surface area contributed by atoms with E-state index in [1.165, 1.54) is 5.56 Å². The first-order chi connectivity index (χ1) is 13.2. The normalized spacial score (nSPS) is 11.0. The van der Waals surface area contributed by atoms with E-state index in [1.807, 2.05) is 49.5 Å². The maximum Gasteiger partial charge on any atom is 0.169 e. The van der Waals surface area contributed by atoms with Crippen LogP contribution in [-0.4, -0.2) is 14.7 Å². The van der Waals surface area contributed by atoms with Gasteiger partial charge in [0.2, 0.25) is 0 Å². The molecule has 0 aliphatic rings. The highest BCUT2D eigenvalue weighted by Gasteiger charge is 2.14. The fourth-order valence-corrected chi connectivity index (χ4v) is 3.84. The van der Waals surface area contributed by atoms with Gasteiger partial charge < -0.3 is 9.09 Å². The first-order valence-electron chi connectivity index (χ1n) is 8.59. The highest BCUT2D eigenvalue weighted by atomic mass is 35.5. The smallest absolute Gasteiger partial charge is 0.169 e. The van der Waals surface area contributed by atoms with Crippen LogP contribution in [0.3, 0.4) is 0 Å². The fraction of sp³-hybridized carbons (Fsp3) is 0.143. The zero-order valence-electron chi connectivity index (χ0n) is 14.8. The summed E-state index contributed by atoms with van der Waals surface area (Å²) in [5.74, 6) is 1.53. The van der Waals surface area contributed by atoms with Gasteiger partial charge in [-0.25, -0.2) is 4.98 Å². The average molecular weight is 396 g/mol. The second-order valence-corrected chi connectivity index (χ2v) is 7.61. The van der Waals surface area contributed by atoms with E-state index < -0.39 is 0 Å². The monoisotopic (exact) mass is 395 g/mol. The van der Waals surface area contributed by atoms with Crippen molar-refractivity contribution in [2.45, 2.75) is 24.4 Å². The lowest BCUT2D eigenvalue weighted by Gasteiger charge is -2.12. The molecule has 27 heavy (non-hydrogen) atoms. The highest BCUT2D eigenvalue weighted by Crippen LogP contribution is 2.30. The van der Waals surface area contributed by atoms with Gasteiger partial charge >= 0.3 is 0 Å². The SMILES string of the molecule is Cc1cc(CSc2ncc(-c3ccc(Cl)cc3)n2Cc2ccccc2)on1. The minimum Gasteiger partial charge on any atom is -0.360 e. The molecule has 0 spiro atoms. The number of rotatable bonds is 6. The predicted octanol–water partition coefficient (Wildman–Crippen LogP) is 5.84. The molecule has 0 N–H and O–H groups in total. The van der Waals surface area contributed by atoms with Crippen molar-refractivity contribution in [3.05, 3.63) is 88.9 Å². The van der Waals surface area contributed by atoms with Gasteiger partial charge in [-0.05, 0) is 30.2 Å². The third kappa shape index (κ3) is 4.26. The molecule has 4 nitrogen and oxygen atoms in total. The lowest BCUT2D eigenvalue weighted by Crippen LogP contribution is -2.03. The molecule has 0 fully saturated rings. The number of halogens is 1. The quantitative estimate of drug-likeness (QED) is 0.384. The number of thioether (sulfide) groups is 1. The zero-order valence-corrected chi connectivity index (χ0v) is 16.4. The third-order valence-corrected chi connectivity index (χ3v) is 5.43. The molecule has 0 aliphatic heterocycles. The average Bonchev–Trinajstić information content (AvgIpc) is 3.28. The van der Waals surface area contributed by atoms with Crippen molar-refractivity contribution in [3.8, 4) is 11.3 Å². The van der Waals surface area contributed by atoms with Crippen LogP contribution in [0.2, 0.25) is 5.02 Å². The van der Waals surface area contributed by atoms with E-state index >= 15 is 0 Å². The van der Waals surface area contributed by atoms with Crippen LogP contribution in [0.1, 0.15) is 17.0 Å². The number of nitrogens with zero attached hydrogens (tertiary/aromatic N) is 3. The largest absolute Gasteiger partial charge is 0.360 e. The third-order valence-electron chi connectivity index (χ3n) is 4.16. The van der Waals surface area contributed by atoms with Gasteiger partial charge in [0.25, 0.3) is 0 Å². The van der Waals surface area contributed by atoms with Gasteiger partial charge in [0.1, 0.15) is 5.76 Å². The molecular formula is C21H18ClN3OS. The molecule has 4 aromatic rings. The van der Waals surface area contributed by atoms with Gasteiger partial charge in [-0.3, -0.25) is 0 Å². The molecule has 0 radical (unpaired) electrons. The Morgan fingerprint density at radius 2 is 1.85 bits per heavy atom. The molecule has 0 unspecified atom stereocenters. The van der Waals surface area contributed by atoms with Crippen LogP contribution in [0.25, 0.3) is 11.3 Å². The Kier molecular flexibility index (Phi) is 5.32. The first kappa shape index (κ1) is 17.9. The van der Waals surface area contributed by atoms with Crippen molar-refractivity contribution < 1.29 is 4.52 Å². The van der Waals surface area contributed by atoms with Crippen molar-refractivity contribution in [2.24, 2.45) is 0 Å². The van der Waals surface area contributed by atoms with Crippen molar-refractivity contribution in [1.29, 1.82) is 0 Å². The Morgan fingerprint density at radius 1 is 1.07 bits per heavy atom. The number of benzene rings is 2. The number of aryl methyl sites for hydroxylation is 1. The van der Waals surface area contributed by atoms with Crippen LogP contribution < -0.4 is 0 Å². The zero-order chi connectivity index (χ0) is 18.6. The molecular weight excluding hydrogens is 378 g/mol. The van der Waals surface area contributed by atoms with Crippen LogP contribution in [0.5, 0.6) is 0 Å². The summed E-state index contributed by atoms with van der Waals surface area (Å²) in [5, 5.41) is 5.62. The molecule has 136 valence electrons. The molecule has 0 amide bonds. The van der Waals surface area contributed by atoms with E-state index in [4.69, 9.17) is 16.1 Å². The molecule has 0 saturated carbocycles. The van der Waals surface area contributed by atoms with Gasteiger partial charge in [-0.2, -0.15) is 0 Å². The van der Waals surface area contributed by atoms with Crippen LogP contribution in [0.4, 0.5) is 0 Å². The lowest BCUT2D eigenvalue weighted by atomic mass is 10.1. The van der Waals surface area contributed by atoms with Gasteiger partial charge in [0.15, 0.2) is 5.16 Å². The van der Waals surface area contributed by atoms with Crippen molar-refractivity contribution in [2.75, 3.05) is 0 Å². The molecule has 2 heterocycles. The lowest BCUT2D eigenvalue weighted by molar-refractivity contribution is 0.391. The van der Waals surface area contributed by atoms with E-state index in [-0.39, 0.29) is 0 Å². The fourth-order valence-electron chi connectivity index (χ4n) is 2.86. The summed E-state index contributed by atoms with van der Waals surface area (Å²) >= 11 is 7.69. The molecule has 0 atom stereocenters. The minimum atomic E-state index is 0.687. The second kappa shape index (κ2) is 8.03. The highest BCUT2D eigenvalue weighted by molar-refractivity contribution is 7.98. The van der Waals surface area contributed by atoms with Crippen molar-refractivity contribution in [1.82, 2.24) is 14.7 Å². The summed E-state index contributed by atoms with van der Waals surface area (Å²) in [5.41, 5.74) is 4.26. The summed E-state index contributed by atoms with van der Waals surface area (Å²) in [6.07, 6.45) is 1.92. The molecule has 2 aromatic heterocycles. The molecule has 0 bridgehead atoms. The van der Waals surface area contributed by atoms with Crippen LogP contribution in [0, 0.1) is 6.92 Å². The Hall–Kier alpha value is -2.50. The van der Waals surface area contributed by atoms with Crippen molar-refractivity contribution in [3.63, 3.8) is 0 Å². The second-order valence-electron chi connectivity index (χ2n) is 6.23. The number of hydrogen-bond acceptors (Lipinski definition) is 4. The number of imidazole rings is 1. The molecule has 6 heteroatoms. The maximum absolute atomic E-state index is 6.05. The van der Waals surface area contributed by atoms with Gasteiger partial charge in [-0.1, -0.05) is 71.0 Å². The van der Waals surface area contributed by atoms with Gasteiger partial charge in [0, 0.05) is 11.1 Å². The number of aromatic nitrogens is 3. The molecule has 4 rings (SSSR count). The Labute approximate surface area is 167 Å². The minimum absolute atomic E-state index is 0.687. The Morgan fingerprint density at radius 3 is 2.56 bits per heavy atom. The van der Waals surface area contributed by atoms with E-state index in [1.54, 1.807) is 11.8 Å². The van der Waals surface area contributed by atoms with Crippen LogP contribution in [0.15, 0.2) is 76.5 Å². The summed E-state index contributed by atoms with van der Waals surface area (Å²) in [6, 6.07) is 20.2. The summed E-state index contributed by atoms with van der Waals surface area (Å²) in [7, 11) is 0. The van der Waals surface area contributed by atoms with E-state index in [0.29, 0.717) is 5.75 Å². The predicted molar refractivity (Wildman–Crippen MR) is 109 cm³/mol. The summed E-state index contributed by atoms with van der Waals surface area (Å²) in [4.78, 5) is 4.66. The van der Waals surface area contributed by atoms with Crippen molar-refractivity contribution >= 4 is 23.4 Å². The Balaban J connectivity index is 1.66. The van der Waals surface area contributed by atoms with Crippen LogP contribution in [-0.2, 0) is 12.3 Å². The van der Waals surface area contributed by atoms with Crippen LogP contribution >= 0.6 is 23.4 Å². The molecule has 2 aromatic carbocycles. The van der Waals surface area contributed by atoms with Gasteiger partial charge in [-0.15, -0.1) is 0 Å². The maximum atomic E-state index is 6.05. The molecule has 0 aliphatic carbocycles. The molecule has 0 saturated heterocycles. The Bertz CT molecular complexity index is 1030. The summed E-state index contributed by atoms with van der Waals surface area (Å²) < 4.78 is 7.55. The van der Waals surface area contributed by atoms with E-state index in [0.717, 1.165) is 39.4 Å². The van der Waals surface area contributed by atoms with E-state index in [2.05, 4.69) is 39.0 Å². The standard InChI is InChI=1S/C21H18ClN3OS/c1-15-11-19(26-24-15)14-27-21-23-12-20(17-7-9-18(22)10-8-17)25(21)13-16-5-3-2-4-6-16/h2-12H,13-14H2,1H3. The van der Waals surface area contributed by atoms with Gasteiger partial charge in [0.05, 0.1) is 29.9 Å². The topological polar surface area (TPSA) is 43.9 Å². The summed E-state index contributed by atoms with van der Waals surface area (Å²) in [6.45, 7) is 2.67. The van der Waals surface area contributed by atoms with E-state index in [9.17, 15) is 0 Å². The number of hydrogen-bond donors (Lipinski definition) is 0. The first-order valence-corrected chi connectivity index (χ1v) is 9.96.